The summed E-state index contributed by atoms with van der Waals surface area (Å²) in [5.74, 6) is -1.59. The molecule has 2 rings (SSSR count). The zero-order valence-corrected chi connectivity index (χ0v) is 11.7. The molecule has 8 heteroatoms. The largest absolute Gasteiger partial charge is 0.481 e. The third-order valence-electron chi connectivity index (χ3n) is 3.20. The molecule has 1 aromatic heterocycles. The molecule has 0 bridgehead atoms. The van der Waals surface area contributed by atoms with Crippen LogP contribution in [-0.2, 0) is 9.59 Å². The minimum Gasteiger partial charge on any atom is -0.481 e. The third kappa shape index (κ3) is 3.32. The van der Waals surface area contributed by atoms with Gasteiger partial charge in [-0.2, -0.15) is 0 Å². The van der Waals surface area contributed by atoms with Crippen LogP contribution < -0.4 is 10.6 Å². The van der Waals surface area contributed by atoms with E-state index in [-0.39, 0.29) is 18.0 Å². The summed E-state index contributed by atoms with van der Waals surface area (Å²) in [6.45, 7) is 1.36. The van der Waals surface area contributed by atoms with E-state index in [4.69, 9.17) is 5.11 Å². The number of carboxylic acids is 1. The molecular weight excluding hydrogens is 282 g/mol. The maximum atomic E-state index is 12.1. The predicted octanol–water partition coefficient (Wildman–Crippen LogP) is 1.23. The maximum Gasteiger partial charge on any atom is 0.305 e. The number of thiazole rings is 1. The summed E-state index contributed by atoms with van der Waals surface area (Å²) in [5, 5.41) is 16.0. The van der Waals surface area contributed by atoms with E-state index in [1.54, 1.807) is 0 Å². The predicted molar refractivity (Wildman–Crippen MR) is 72.7 cm³/mol. The van der Waals surface area contributed by atoms with E-state index in [1.165, 1.54) is 12.3 Å². The highest BCUT2D eigenvalue weighted by atomic mass is 32.1. The highest BCUT2D eigenvalue weighted by Gasteiger charge is 2.40. The first-order valence-corrected chi connectivity index (χ1v) is 7.06. The second kappa shape index (κ2) is 5.58. The summed E-state index contributed by atoms with van der Waals surface area (Å²) in [6.07, 6.45) is 2.14. The molecule has 108 valence electrons. The topological polar surface area (TPSA) is 108 Å². The van der Waals surface area contributed by atoms with E-state index >= 15 is 0 Å². The minimum atomic E-state index is -0.929. The first-order chi connectivity index (χ1) is 9.40. The lowest BCUT2D eigenvalue weighted by molar-refractivity contribution is -0.139. The zero-order valence-electron chi connectivity index (χ0n) is 10.9. The van der Waals surface area contributed by atoms with Crippen LogP contribution in [0.3, 0.4) is 0 Å². The van der Waals surface area contributed by atoms with Crippen LogP contribution in [0.4, 0.5) is 5.13 Å². The Bertz CT molecular complexity index is 551. The van der Waals surface area contributed by atoms with Crippen molar-refractivity contribution in [3.05, 3.63) is 11.1 Å². The SMILES string of the molecule is CC(=O)Nc1nc(C(=O)NC2(CC(=O)O)CCC2)cs1. The number of carbonyl (C=O) groups is 3. The molecule has 0 spiro atoms. The number of nitrogens with one attached hydrogen (secondary N) is 2. The fraction of sp³-hybridized carbons (Fsp3) is 0.500. The average molecular weight is 297 g/mol. The molecule has 3 N–H and O–H groups in total. The Morgan fingerprint density at radius 2 is 2.15 bits per heavy atom. The van der Waals surface area contributed by atoms with E-state index in [0.29, 0.717) is 18.0 Å². The van der Waals surface area contributed by atoms with Gasteiger partial charge in [-0.3, -0.25) is 14.4 Å². The fourth-order valence-electron chi connectivity index (χ4n) is 2.13. The molecule has 0 aromatic carbocycles. The third-order valence-corrected chi connectivity index (χ3v) is 3.96. The van der Waals surface area contributed by atoms with Gasteiger partial charge in [0.15, 0.2) is 5.13 Å². The highest BCUT2D eigenvalue weighted by molar-refractivity contribution is 7.14. The second-order valence-corrected chi connectivity index (χ2v) is 5.74. The number of rotatable bonds is 5. The van der Waals surface area contributed by atoms with Crippen LogP contribution in [0, 0.1) is 0 Å². The number of aliphatic carboxylic acids is 1. The van der Waals surface area contributed by atoms with E-state index < -0.39 is 17.4 Å². The number of hydrogen-bond donors (Lipinski definition) is 3. The van der Waals surface area contributed by atoms with Crippen molar-refractivity contribution < 1.29 is 19.5 Å². The van der Waals surface area contributed by atoms with Crippen LogP contribution in [0.5, 0.6) is 0 Å². The van der Waals surface area contributed by atoms with Gasteiger partial charge in [-0.15, -0.1) is 11.3 Å². The summed E-state index contributed by atoms with van der Waals surface area (Å²) in [5.41, 5.74) is -0.462. The number of carbonyl (C=O) groups excluding carboxylic acids is 2. The lowest BCUT2D eigenvalue weighted by atomic mass is 9.74. The molecule has 0 unspecified atom stereocenters. The van der Waals surface area contributed by atoms with Gasteiger partial charge in [0, 0.05) is 12.3 Å². The monoisotopic (exact) mass is 297 g/mol. The molecule has 1 aromatic rings. The minimum absolute atomic E-state index is 0.0819. The molecule has 2 amide bonds. The molecule has 0 radical (unpaired) electrons. The number of amides is 2. The molecule has 1 saturated carbocycles. The van der Waals surface area contributed by atoms with Gasteiger partial charge in [-0.25, -0.2) is 4.98 Å². The van der Waals surface area contributed by atoms with Gasteiger partial charge in [0.2, 0.25) is 5.91 Å². The standard InChI is InChI=1S/C12H15N3O4S/c1-7(16)13-11-14-8(6-20-11)10(19)15-12(3-2-4-12)5-9(17)18/h6H,2-5H2,1H3,(H,15,19)(H,17,18)(H,13,14,16). The Morgan fingerprint density at radius 3 is 2.65 bits per heavy atom. The molecule has 0 saturated heterocycles. The van der Waals surface area contributed by atoms with Crippen molar-refractivity contribution in [3.63, 3.8) is 0 Å². The Morgan fingerprint density at radius 1 is 1.45 bits per heavy atom. The average Bonchev–Trinajstić information content (AvgIpc) is 2.72. The molecule has 1 heterocycles. The molecule has 7 nitrogen and oxygen atoms in total. The van der Waals surface area contributed by atoms with Gasteiger partial charge >= 0.3 is 5.97 Å². The van der Waals surface area contributed by atoms with Crippen molar-refractivity contribution in [2.75, 3.05) is 5.32 Å². The van der Waals surface area contributed by atoms with Crippen molar-refractivity contribution in [1.82, 2.24) is 10.3 Å². The van der Waals surface area contributed by atoms with Gasteiger partial charge in [0.05, 0.1) is 12.0 Å². The van der Waals surface area contributed by atoms with Crippen LogP contribution in [0.25, 0.3) is 0 Å². The molecule has 20 heavy (non-hydrogen) atoms. The molecule has 1 aliphatic rings. The quantitative estimate of drug-likeness (QED) is 0.757. The first-order valence-electron chi connectivity index (χ1n) is 6.18. The van der Waals surface area contributed by atoms with E-state index in [9.17, 15) is 14.4 Å². The Labute approximate surface area is 119 Å². The van der Waals surface area contributed by atoms with Gasteiger partial charge in [-0.1, -0.05) is 0 Å². The van der Waals surface area contributed by atoms with Gasteiger partial charge < -0.3 is 15.7 Å². The van der Waals surface area contributed by atoms with E-state index in [2.05, 4.69) is 15.6 Å². The summed E-state index contributed by atoms with van der Waals surface area (Å²) in [6, 6.07) is 0. The summed E-state index contributed by atoms with van der Waals surface area (Å²) in [7, 11) is 0. The van der Waals surface area contributed by atoms with Crippen LogP contribution in [0.1, 0.15) is 43.1 Å². The number of hydrogen-bond acceptors (Lipinski definition) is 5. The number of aromatic nitrogens is 1. The highest BCUT2D eigenvalue weighted by Crippen LogP contribution is 2.35. The van der Waals surface area contributed by atoms with E-state index in [0.717, 1.165) is 17.8 Å². The van der Waals surface area contributed by atoms with Crippen molar-refractivity contribution in [1.29, 1.82) is 0 Å². The Balaban J connectivity index is 2.02. The van der Waals surface area contributed by atoms with Crippen LogP contribution in [0.15, 0.2) is 5.38 Å². The first kappa shape index (κ1) is 14.4. The van der Waals surface area contributed by atoms with Crippen molar-refractivity contribution in [3.8, 4) is 0 Å². The number of carboxylic acid groups (broad SMARTS) is 1. The summed E-state index contributed by atoms with van der Waals surface area (Å²) < 4.78 is 0. The maximum absolute atomic E-state index is 12.1. The smallest absolute Gasteiger partial charge is 0.305 e. The normalized spacial score (nSPS) is 16.1. The van der Waals surface area contributed by atoms with Crippen molar-refractivity contribution >= 4 is 34.3 Å². The lowest BCUT2D eigenvalue weighted by Gasteiger charge is -2.41. The van der Waals surface area contributed by atoms with E-state index in [1.807, 2.05) is 0 Å². The zero-order chi connectivity index (χ0) is 14.8. The lowest BCUT2D eigenvalue weighted by Crippen LogP contribution is -2.54. The van der Waals surface area contributed by atoms with Crippen LogP contribution >= 0.6 is 11.3 Å². The molecular formula is C12H15N3O4S. The van der Waals surface area contributed by atoms with Crippen LogP contribution in [0.2, 0.25) is 0 Å². The Hall–Kier alpha value is -1.96. The number of anilines is 1. The van der Waals surface area contributed by atoms with Gasteiger partial charge in [0.25, 0.3) is 5.91 Å². The fourth-order valence-corrected chi connectivity index (χ4v) is 2.87. The molecule has 0 atom stereocenters. The molecule has 1 fully saturated rings. The second-order valence-electron chi connectivity index (χ2n) is 4.88. The van der Waals surface area contributed by atoms with Crippen molar-refractivity contribution in [2.24, 2.45) is 0 Å². The van der Waals surface area contributed by atoms with Crippen LogP contribution in [-0.4, -0.2) is 33.4 Å². The summed E-state index contributed by atoms with van der Waals surface area (Å²) >= 11 is 1.15. The van der Waals surface area contributed by atoms with Gasteiger partial charge in [-0.05, 0) is 19.3 Å². The molecule has 1 aliphatic carbocycles. The van der Waals surface area contributed by atoms with Gasteiger partial charge in [0.1, 0.15) is 5.69 Å². The Kier molecular flexibility index (Phi) is 4.03. The number of nitrogens with zero attached hydrogens (tertiary/aromatic N) is 1. The van der Waals surface area contributed by atoms with Crippen molar-refractivity contribution in [2.45, 2.75) is 38.1 Å². The summed E-state index contributed by atoms with van der Waals surface area (Å²) in [4.78, 5) is 37.8. The molecule has 0 aliphatic heterocycles.